The molecule has 20 heavy (non-hydrogen) atoms. The van der Waals surface area contributed by atoms with Crippen LogP contribution in [0, 0.1) is 6.92 Å². The molecule has 0 aliphatic carbocycles. The minimum absolute atomic E-state index is 0.0838. The van der Waals surface area contributed by atoms with Crippen molar-refractivity contribution >= 4 is 28.7 Å². The second kappa shape index (κ2) is 6.06. The standard InChI is InChI=1S/C16H19ClN2O/c1-10(2)20-16-9-12(7-8-14(16)18)19-15-6-4-5-13(17)11(15)3/h4-10,19H,18H2,1-3H3. The van der Waals surface area contributed by atoms with Gasteiger partial charge >= 0.3 is 0 Å². The zero-order valence-electron chi connectivity index (χ0n) is 11.9. The average molecular weight is 291 g/mol. The number of nitrogens with two attached hydrogens (primary N) is 1. The van der Waals surface area contributed by atoms with Gasteiger partial charge in [0.2, 0.25) is 0 Å². The maximum Gasteiger partial charge on any atom is 0.144 e. The van der Waals surface area contributed by atoms with Gasteiger partial charge in [0, 0.05) is 22.5 Å². The van der Waals surface area contributed by atoms with Gasteiger partial charge in [-0.1, -0.05) is 17.7 Å². The predicted octanol–water partition coefficient (Wildman–Crippen LogP) is 4.76. The van der Waals surface area contributed by atoms with E-state index in [4.69, 9.17) is 22.1 Å². The molecule has 2 aromatic rings. The number of halogens is 1. The Hall–Kier alpha value is -1.87. The monoisotopic (exact) mass is 290 g/mol. The van der Waals surface area contributed by atoms with Crippen molar-refractivity contribution in [2.45, 2.75) is 26.9 Å². The van der Waals surface area contributed by atoms with E-state index in [1.54, 1.807) is 0 Å². The van der Waals surface area contributed by atoms with Crippen LogP contribution in [0.5, 0.6) is 5.75 Å². The minimum Gasteiger partial charge on any atom is -0.489 e. The smallest absolute Gasteiger partial charge is 0.144 e. The van der Waals surface area contributed by atoms with E-state index in [1.165, 1.54) is 0 Å². The van der Waals surface area contributed by atoms with Crippen molar-refractivity contribution in [3.8, 4) is 5.75 Å². The number of rotatable bonds is 4. The molecule has 0 aliphatic heterocycles. The van der Waals surface area contributed by atoms with Crippen LogP contribution in [0.3, 0.4) is 0 Å². The van der Waals surface area contributed by atoms with Crippen LogP contribution in [-0.4, -0.2) is 6.10 Å². The van der Waals surface area contributed by atoms with Crippen molar-refractivity contribution in [3.63, 3.8) is 0 Å². The van der Waals surface area contributed by atoms with Crippen LogP contribution < -0.4 is 15.8 Å². The van der Waals surface area contributed by atoms with E-state index in [2.05, 4.69) is 5.32 Å². The summed E-state index contributed by atoms with van der Waals surface area (Å²) in [6.07, 6.45) is 0.0838. The Labute approximate surface area is 124 Å². The molecule has 0 aromatic heterocycles. The molecule has 4 heteroatoms. The van der Waals surface area contributed by atoms with Gasteiger partial charge in [0.05, 0.1) is 11.8 Å². The van der Waals surface area contributed by atoms with Crippen molar-refractivity contribution in [2.24, 2.45) is 0 Å². The molecule has 0 spiro atoms. The van der Waals surface area contributed by atoms with Gasteiger partial charge in [-0.05, 0) is 50.6 Å². The van der Waals surface area contributed by atoms with E-state index in [9.17, 15) is 0 Å². The van der Waals surface area contributed by atoms with Crippen molar-refractivity contribution in [1.29, 1.82) is 0 Å². The molecule has 0 heterocycles. The van der Waals surface area contributed by atoms with Crippen molar-refractivity contribution in [3.05, 3.63) is 47.0 Å². The number of hydrogen-bond acceptors (Lipinski definition) is 3. The Morgan fingerprint density at radius 3 is 2.65 bits per heavy atom. The molecular formula is C16H19ClN2O. The van der Waals surface area contributed by atoms with Gasteiger partial charge in [-0.2, -0.15) is 0 Å². The van der Waals surface area contributed by atoms with Gasteiger partial charge in [0.25, 0.3) is 0 Å². The Balaban J connectivity index is 2.27. The molecule has 0 amide bonds. The minimum atomic E-state index is 0.0838. The second-order valence-corrected chi connectivity index (χ2v) is 5.36. The summed E-state index contributed by atoms with van der Waals surface area (Å²) in [7, 11) is 0. The van der Waals surface area contributed by atoms with Gasteiger partial charge in [0.1, 0.15) is 5.75 Å². The molecule has 0 fully saturated rings. The van der Waals surface area contributed by atoms with Crippen molar-refractivity contribution in [2.75, 3.05) is 11.1 Å². The topological polar surface area (TPSA) is 47.3 Å². The summed E-state index contributed by atoms with van der Waals surface area (Å²) >= 11 is 6.12. The number of anilines is 3. The van der Waals surface area contributed by atoms with Crippen LogP contribution in [0.15, 0.2) is 36.4 Å². The molecule has 0 radical (unpaired) electrons. The molecule has 0 unspecified atom stereocenters. The Bertz CT molecular complexity index is 611. The quantitative estimate of drug-likeness (QED) is 0.798. The van der Waals surface area contributed by atoms with Gasteiger partial charge in [-0.15, -0.1) is 0 Å². The van der Waals surface area contributed by atoms with E-state index in [0.29, 0.717) is 11.4 Å². The van der Waals surface area contributed by atoms with E-state index in [-0.39, 0.29) is 6.10 Å². The fraction of sp³-hybridized carbons (Fsp3) is 0.250. The highest BCUT2D eigenvalue weighted by Gasteiger charge is 2.07. The first-order chi connectivity index (χ1) is 9.47. The number of ether oxygens (including phenoxy) is 1. The first kappa shape index (κ1) is 14.5. The maximum absolute atomic E-state index is 6.12. The van der Waals surface area contributed by atoms with Crippen LogP contribution in [0.2, 0.25) is 5.02 Å². The second-order valence-electron chi connectivity index (χ2n) is 4.96. The molecule has 0 bridgehead atoms. The van der Waals surface area contributed by atoms with Crippen LogP contribution in [0.25, 0.3) is 0 Å². The molecule has 2 aromatic carbocycles. The lowest BCUT2D eigenvalue weighted by Crippen LogP contribution is -2.07. The lowest BCUT2D eigenvalue weighted by Gasteiger charge is -2.15. The van der Waals surface area contributed by atoms with Crippen LogP contribution in [-0.2, 0) is 0 Å². The highest BCUT2D eigenvalue weighted by Crippen LogP contribution is 2.30. The zero-order valence-corrected chi connectivity index (χ0v) is 12.7. The summed E-state index contributed by atoms with van der Waals surface area (Å²) in [4.78, 5) is 0. The molecule has 0 saturated heterocycles. The molecule has 3 nitrogen and oxygen atoms in total. The van der Waals surface area contributed by atoms with Gasteiger partial charge in [-0.25, -0.2) is 0 Å². The summed E-state index contributed by atoms with van der Waals surface area (Å²) in [5.74, 6) is 0.685. The zero-order chi connectivity index (χ0) is 14.7. The van der Waals surface area contributed by atoms with Gasteiger partial charge in [0.15, 0.2) is 0 Å². The summed E-state index contributed by atoms with van der Waals surface area (Å²) in [5, 5.41) is 4.07. The molecule has 0 saturated carbocycles. The van der Waals surface area contributed by atoms with E-state index in [0.717, 1.165) is 22.0 Å². The first-order valence-electron chi connectivity index (χ1n) is 6.55. The summed E-state index contributed by atoms with van der Waals surface area (Å²) in [6, 6.07) is 11.4. The average Bonchev–Trinajstić information content (AvgIpc) is 2.38. The molecule has 0 aliphatic rings. The Morgan fingerprint density at radius 2 is 1.95 bits per heavy atom. The summed E-state index contributed by atoms with van der Waals surface area (Å²) < 4.78 is 5.69. The van der Waals surface area contributed by atoms with Crippen LogP contribution in [0.1, 0.15) is 19.4 Å². The number of nitrogen functional groups attached to an aromatic ring is 1. The summed E-state index contributed by atoms with van der Waals surface area (Å²) in [6.45, 7) is 5.93. The molecule has 3 N–H and O–H groups in total. The lowest BCUT2D eigenvalue weighted by molar-refractivity contribution is 0.244. The highest BCUT2D eigenvalue weighted by molar-refractivity contribution is 6.31. The number of benzene rings is 2. The predicted molar refractivity (Wildman–Crippen MR) is 86.1 cm³/mol. The summed E-state index contributed by atoms with van der Waals surface area (Å²) in [5.41, 5.74) is 9.44. The highest BCUT2D eigenvalue weighted by atomic mass is 35.5. The van der Waals surface area contributed by atoms with E-state index < -0.39 is 0 Å². The third-order valence-electron chi connectivity index (χ3n) is 2.92. The van der Waals surface area contributed by atoms with E-state index in [1.807, 2.05) is 57.2 Å². The third kappa shape index (κ3) is 3.36. The molecule has 0 atom stereocenters. The largest absolute Gasteiger partial charge is 0.489 e. The van der Waals surface area contributed by atoms with Crippen molar-refractivity contribution in [1.82, 2.24) is 0 Å². The third-order valence-corrected chi connectivity index (χ3v) is 3.33. The van der Waals surface area contributed by atoms with Gasteiger partial charge < -0.3 is 15.8 Å². The molecular weight excluding hydrogens is 272 g/mol. The Morgan fingerprint density at radius 1 is 1.20 bits per heavy atom. The van der Waals surface area contributed by atoms with Gasteiger partial charge in [-0.3, -0.25) is 0 Å². The van der Waals surface area contributed by atoms with E-state index >= 15 is 0 Å². The van der Waals surface area contributed by atoms with Crippen molar-refractivity contribution < 1.29 is 4.74 Å². The number of nitrogens with one attached hydrogen (secondary N) is 1. The fourth-order valence-electron chi connectivity index (χ4n) is 1.87. The van der Waals surface area contributed by atoms with Crippen LogP contribution >= 0.6 is 11.6 Å². The molecule has 2 rings (SSSR count). The first-order valence-corrected chi connectivity index (χ1v) is 6.93. The SMILES string of the molecule is Cc1c(Cl)cccc1Nc1ccc(N)c(OC(C)C)c1. The maximum atomic E-state index is 6.12. The van der Waals surface area contributed by atoms with Crippen LogP contribution in [0.4, 0.5) is 17.1 Å². The normalized spacial score (nSPS) is 10.7. The molecule has 106 valence electrons. The lowest BCUT2D eigenvalue weighted by atomic mass is 10.2. The fourth-order valence-corrected chi connectivity index (χ4v) is 2.04. The Kier molecular flexibility index (Phi) is 4.40. The number of hydrogen-bond donors (Lipinski definition) is 2.